The number of amides is 2. The van der Waals surface area contributed by atoms with Gasteiger partial charge in [-0.3, -0.25) is 14.3 Å². The van der Waals surface area contributed by atoms with Crippen molar-refractivity contribution in [2.75, 3.05) is 11.4 Å². The Morgan fingerprint density at radius 3 is 2.71 bits per heavy atom. The number of halogens is 2. The molecule has 28 heavy (non-hydrogen) atoms. The second kappa shape index (κ2) is 7.91. The van der Waals surface area contributed by atoms with Crippen LogP contribution in [-0.4, -0.2) is 34.2 Å². The van der Waals surface area contributed by atoms with Gasteiger partial charge in [-0.2, -0.15) is 5.10 Å². The first-order chi connectivity index (χ1) is 13.2. The van der Waals surface area contributed by atoms with Crippen molar-refractivity contribution in [3.8, 4) is 0 Å². The van der Waals surface area contributed by atoms with Crippen molar-refractivity contribution in [3.05, 3.63) is 46.0 Å². The zero-order chi connectivity index (χ0) is 20.6. The van der Waals surface area contributed by atoms with Crippen LogP contribution in [0, 0.1) is 19.7 Å². The Bertz CT molecular complexity index is 925. The van der Waals surface area contributed by atoms with Crippen LogP contribution in [0.4, 0.5) is 10.1 Å². The highest BCUT2D eigenvalue weighted by Crippen LogP contribution is 2.26. The summed E-state index contributed by atoms with van der Waals surface area (Å²) in [5.41, 5.74) is 3.16. The van der Waals surface area contributed by atoms with E-state index in [1.165, 1.54) is 17.0 Å². The Hall–Kier alpha value is -2.41. The fourth-order valence-electron chi connectivity index (χ4n) is 3.60. The normalized spacial score (nSPS) is 16.9. The number of carbonyl (C=O) groups excluding carboxylic acids is 2. The SMILES string of the molecule is Cc1nn(C(C)C)c(C)c1CC(=O)NC1CC(=O)N(c2ccc(Cl)c(F)c2)C1. The van der Waals surface area contributed by atoms with Crippen LogP contribution in [0.5, 0.6) is 0 Å². The molecule has 0 radical (unpaired) electrons. The molecule has 0 spiro atoms. The molecule has 1 aliphatic heterocycles. The van der Waals surface area contributed by atoms with Crippen LogP contribution in [0.2, 0.25) is 5.02 Å². The van der Waals surface area contributed by atoms with Gasteiger partial charge in [0.25, 0.3) is 0 Å². The average Bonchev–Trinajstić information content (AvgIpc) is 3.11. The van der Waals surface area contributed by atoms with E-state index in [2.05, 4.69) is 10.4 Å². The van der Waals surface area contributed by atoms with Crippen molar-refractivity contribution < 1.29 is 14.0 Å². The Labute approximate surface area is 168 Å². The number of aryl methyl sites for hydroxylation is 1. The third-order valence-corrected chi connectivity index (χ3v) is 5.31. The Kier molecular flexibility index (Phi) is 5.74. The molecule has 6 nitrogen and oxygen atoms in total. The molecule has 1 aromatic heterocycles. The number of aromatic nitrogens is 2. The van der Waals surface area contributed by atoms with Crippen molar-refractivity contribution in [3.63, 3.8) is 0 Å². The lowest BCUT2D eigenvalue weighted by molar-refractivity contribution is -0.121. The average molecular weight is 407 g/mol. The van der Waals surface area contributed by atoms with Crippen molar-refractivity contribution in [2.24, 2.45) is 0 Å². The van der Waals surface area contributed by atoms with Gasteiger partial charge in [-0.05, 0) is 45.9 Å². The minimum atomic E-state index is -0.576. The van der Waals surface area contributed by atoms with E-state index in [-0.39, 0.29) is 41.8 Å². The van der Waals surface area contributed by atoms with Gasteiger partial charge in [-0.1, -0.05) is 11.6 Å². The van der Waals surface area contributed by atoms with E-state index in [4.69, 9.17) is 11.6 Å². The van der Waals surface area contributed by atoms with Gasteiger partial charge in [-0.15, -0.1) is 0 Å². The summed E-state index contributed by atoms with van der Waals surface area (Å²) in [6.07, 6.45) is 0.393. The number of nitrogens with zero attached hydrogens (tertiary/aromatic N) is 3. The predicted octanol–water partition coefficient (Wildman–Crippen LogP) is 3.34. The maximum atomic E-state index is 13.7. The molecule has 1 atom stereocenters. The largest absolute Gasteiger partial charge is 0.351 e. The summed E-state index contributed by atoms with van der Waals surface area (Å²) < 4.78 is 15.6. The quantitative estimate of drug-likeness (QED) is 0.828. The number of benzene rings is 1. The standard InChI is InChI=1S/C20H24ClFN4O2/c1-11(2)26-13(4)16(12(3)24-26)9-19(27)23-14-7-20(28)25(10-14)15-5-6-17(21)18(22)8-15/h5-6,8,11,14H,7,9-10H2,1-4H3,(H,23,27). The van der Waals surface area contributed by atoms with Crippen molar-refractivity contribution in [1.82, 2.24) is 15.1 Å². The monoisotopic (exact) mass is 406 g/mol. The van der Waals surface area contributed by atoms with Crippen molar-refractivity contribution >= 4 is 29.1 Å². The van der Waals surface area contributed by atoms with Gasteiger partial charge < -0.3 is 10.2 Å². The van der Waals surface area contributed by atoms with E-state index >= 15 is 0 Å². The van der Waals surface area contributed by atoms with E-state index in [0.717, 1.165) is 17.0 Å². The number of carbonyl (C=O) groups is 2. The van der Waals surface area contributed by atoms with Crippen molar-refractivity contribution in [1.29, 1.82) is 0 Å². The van der Waals surface area contributed by atoms with E-state index in [0.29, 0.717) is 12.2 Å². The molecule has 3 rings (SSSR count). The maximum Gasteiger partial charge on any atom is 0.229 e. The van der Waals surface area contributed by atoms with E-state index in [1.54, 1.807) is 6.07 Å². The second-order valence-electron chi connectivity index (χ2n) is 7.44. The Morgan fingerprint density at radius 2 is 2.11 bits per heavy atom. The first-order valence-electron chi connectivity index (χ1n) is 9.26. The number of nitrogens with one attached hydrogen (secondary N) is 1. The van der Waals surface area contributed by atoms with Crippen molar-refractivity contribution in [2.45, 2.75) is 52.6 Å². The summed E-state index contributed by atoms with van der Waals surface area (Å²) in [6.45, 7) is 8.24. The number of rotatable bonds is 5. The molecular weight excluding hydrogens is 383 g/mol. The summed E-state index contributed by atoms with van der Waals surface area (Å²) in [5.74, 6) is -0.893. The van der Waals surface area contributed by atoms with E-state index < -0.39 is 5.82 Å². The number of anilines is 1. The lowest BCUT2D eigenvalue weighted by atomic mass is 10.1. The summed E-state index contributed by atoms with van der Waals surface area (Å²) in [4.78, 5) is 26.3. The number of hydrogen-bond donors (Lipinski definition) is 1. The molecule has 8 heteroatoms. The Balaban J connectivity index is 1.66. The van der Waals surface area contributed by atoms with Gasteiger partial charge >= 0.3 is 0 Å². The third kappa shape index (κ3) is 4.04. The van der Waals surface area contributed by atoms with Crippen LogP contribution in [0.3, 0.4) is 0 Å². The Morgan fingerprint density at radius 1 is 1.39 bits per heavy atom. The highest BCUT2D eigenvalue weighted by atomic mass is 35.5. The summed E-state index contributed by atoms with van der Waals surface area (Å²) >= 11 is 5.70. The molecule has 1 aliphatic rings. The lowest BCUT2D eigenvalue weighted by Gasteiger charge is -2.17. The highest BCUT2D eigenvalue weighted by molar-refractivity contribution is 6.30. The number of hydrogen-bond acceptors (Lipinski definition) is 3. The van der Waals surface area contributed by atoms with Gasteiger partial charge in [0.05, 0.1) is 23.2 Å². The smallest absolute Gasteiger partial charge is 0.229 e. The van der Waals surface area contributed by atoms with Gasteiger partial charge in [0.2, 0.25) is 11.8 Å². The molecule has 2 aromatic rings. The lowest BCUT2D eigenvalue weighted by Crippen LogP contribution is -2.38. The summed E-state index contributed by atoms with van der Waals surface area (Å²) in [7, 11) is 0. The first kappa shape index (κ1) is 20.3. The molecule has 150 valence electrons. The highest BCUT2D eigenvalue weighted by Gasteiger charge is 2.32. The van der Waals surface area contributed by atoms with Crippen LogP contribution in [0.25, 0.3) is 0 Å². The van der Waals surface area contributed by atoms with Gasteiger partial charge in [0.15, 0.2) is 0 Å². The zero-order valence-electron chi connectivity index (χ0n) is 16.4. The molecule has 1 fully saturated rings. The first-order valence-corrected chi connectivity index (χ1v) is 9.64. The van der Waals surface area contributed by atoms with Gasteiger partial charge in [0.1, 0.15) is 5.82 Å². The fourth-order valence-corrected chi connectivity index (χ4v) is 3.72. The van der Waals surface area contributed by atoms with Gasteiger partial charge in [-0.25, -0.2) is 4.39 Å². The van der Waals surface area contributed by atoms with E-state index in [1.807, 2.05) is 32.4 Å². The minimum Gasteiger partial charge on any atom is -0.351 e. The summed E-state index contributed by atoms with van der Waals surface area (Å²) in [6, 6.07) is 4.15. The van der Waals surface area contributed by atoms with Gasteiger partial charge in [0, 0.05) is 36.0 Å². The molecular formula is C20H24ClFN4O2. The molecule has 1 unspecified atom stereocenters. The second-order valence-corrected chi connectivity index (χ2v) is 7.84. The fraction of sp³-hybridized carbons (Fsp3) is 0.450. The summed E-state index contributed by atoms with van der Waals surface area (Å²) in [5, 5.41) is 7.43. The molecule has 0 aliphatic carbocycles. The molecule has 2 amide bonds. The maximum absolute atomic E-state index is 13.7. The molecule has 1 aromatic carbocycles. The molecule has 0 bridgehead atoms. The predicted molar refractivity (Wildman–Crippen MR) is 106 cm³/mol. The van der Waals surface area contributed by atoms with Crippen LogP contribution in [0.1, 0.15) is 43.3 Å². The zero-order valence-corrected chi connectivity index (χ0v) is 17.2. The van der Waals surface area contributed by atoms with Crippen LogP contribution in [-0.2, 0) is 16.0 Å². The van der Waals surface area contributed by atoms with Crippen LogP contribution < -0.4 is 10.2 Å². The molecule has 0 saturated carbocycles. The third-order valence-electron chi connectivity index (χ3n) is 5.01. The van der Waals surface area contributed by atoms with E-state index in [9.17, 15) is 14.0 Å². The topological polar surface area (TPSA) is 67.2 Å². The van der Waals surface area contributed by atoms with Crippen LogP contribution >= 0.6 is 11.6 Å². The molecule has 2 heterocycles. The van der Waals surface area contributed by atoms with Crippen LogP contribution in [0.15, 0.2) is 18.2 Å². The minimum absolute atomic E-state index is 0.00734. The molecule has 1 saturated heterocycles. The molecule has 1 N–H and O–H groups in total.